The van der Waals surface area contributed by atoms with Crippen molar-refractivity contribution in [2.45, 2.75) is 6.92 Å². The van der Waals surface area contributed by atoms with E-state index in [-0.39, 0.29) is 10.7 Å². The SMILES string of the molecule is Cc1cc(Br)c(Cl)c([N+](=O)[O-])c1. The molecule has 0 aliphatic heterocycles. The highest BCUT2D eigenvalue weighted by atomic mass is 79.9. The molecule has 0 bridgehead atoms. The zero-order chi connectivity index (χ0) is 9.30. The van der Waals surface area contributed by atoms with E-state index >= 15 is 0 Å². The molecule has 0 fully saturated rings. The number of nitrogens with zero attached hydrogens (tertiary/aromatic N) is 1. The van der Waals surface area contributed by atoms with Gasteiger partial charge in [-0.2, -0.15) is 0 Å². The second-order valence-electron chi connectivity index (χ2n) is 2.34. The molecule has 0 aliphatic carbocycles. The van der Waals surface area contributed by atoms with Gasteiger partial charge in [-0.05, 0) is 34.5 Å². The number of rotatable bonds is 1. The zero-order valence-electron chi connectivity index (χ0n) is 6.17. The predicted octanol–water partition coefficient (Wildman–Crippen LogP) is 3.32. The first kappa shape index (κ1) is 9.48. The van der Waals surface area contributed by atoms with Crippen LogP contribution in [-0.2, 0) is 0 Å². The zero-order valence-corrected chi connectivity index (χ0v) is 8.52. The topological polar surface area (TPSA) is 43.1 Å². The number of nitro benzene ring substituents is 1. The summed E-state index contributed by atoms with van der Waals surface area (Å²) in [5.41, 5.74) is 0.738. The summed E-state index contributed by atoms with van der Waals surface area (Å²) in [5, 5.41) is 10.6. The average Bonchev–Trinajstić information content (AvgIpc) is 1.96. The molecule has 0 unspecified atom stereocenters. The lowest BCUT2D eigenvalue weighted by molar-refractivity contribution is -0.384. The molecule has 0 spiro atoms. The first-order chi connectivity index (χ1) is 5.52. The summed E-state index contributed by atoms with van der Waals surface area (Å²) >= 11 is 8.80. The van der Waals surface area contributed by atoms with E-state index in [9.17, 15) is 10.1 Å². The monoisotopic (exact) mass is 249 g/mol. The fourth-order valence-electron chi connectivity index (χ4n) is 0.839. The van der Waals surface area contributed by atoms with Crippen molar-refractivity contribution in [3.05, 3.63) is 37.3 Å². The van der Waals surface area contributed by atoms with E-state index in [0.717, 1.165) is 5.56 Å². The number of hydrogen-bond donors (Lipinski definition) is 0. The molecule has 0 saturated carbocycles. The molecular weight excluding hydrogens is 245 g/mol. The molecule has 1 aromatic rings. The van der Waals surface area contributed by atoms with E-state index in [4.69, 9.17) is 11.6 Å². The summed E-state index contributed by atoms with van der Waals surface area (Å²) in [6.07, 6.45) is 0. The van der Waals surface area contributed by atoms with Gasteiger partial charge in [-0.15, -0.1) is 0 Å². The third-order valence-corrected chi connectivity index (χ3v) is 2.60. The minimum absolute atomic E-state index is 0.0662. The predicted molar refractivity (Wildman–Crippen MR) is 50.5 cm³/mol. The van der Waals surface area contributed by atoms with Crippen LogP contribution in [0.2, 0.25) is 5.02 Å². The van der Waals surface area contributed by atoms with Gasteiger partial charge in [0.05, 0.1) is 4.92 Å². The lowest BCUT2D eigenvalue weighted by Gasteiger charge is -1.99. The van der Waals surface area contributed by atoms with Gasteiger partial charge in [0.25, 0.3) is 5.69 Å². The second kappa shape index (κ2) is 3.41. The Labute approximate surface area is 82.6 Å². The molecule has 0 saturated heterocycles. The Balaban J connectivity index is 3.37. The Morgan fingerprint density at radius 3 is 2.67 bits per heavy atom. The van der Waals surface area contributed by atoms with Crippen molar-refractivity contribution in [2.24, 2.45) is 0 Å². The highest BCUT2D eigenvalue weighted by molar-refractivity contribution is 9.10. The Hall–Kier alpha value is -0.610. The number of halogens is 2. The van der Waals surface area contributed by atoms with E-state index in [1.165, 1.54) is 6.07 Å². The van der Waals surface area contributed by atoms with E-state index in [1.54, 1.807) is 13.0 Å². The maximum Gasteiger partial charge on any atom is 0.289 e. The maximum absolute atomic E-state index is 10.4. The van der Waals surface area contributed by atoms with Gasteiger partial charge in [0.15, 0.2) is 0 Å². The van der Waals surface area contributed by atoms with Crippen LogP contribution >= 0.6 is 27.5 Å². The molecule has 0 atom stereocenters. The highest BCUT2D eigenvalue weighted by Gasteiger charge is 2.14. The summed E-state index contributed by atoms with van der Waals surface area (Å²) in [6.45, 7) is 1.77. The summed E-state index contributed by atoms with van der Waals surface area (Å²) in [7, 11) is 0. The maximum atomic E-state index is 10.4. The van der Waals surface area contributed by atoms with Gasteiger partial charge in [0.1, 0.15) is 5.02 Å². The minimum atomic E-state index is -0.500. The average molecular weight is 250 g/mol. The number of hydrogen-bond acceptors (Lipinski definition) is 2. The molecule has 64 valence electrons. The standard InChI is InChI=1S/C7H5BrClNO2/c1-4-2-5(8)7(9)6(3-4)10(11)12/h2-3H,1H3. The molecule has 0 aromatic heterocycles. The van der Waals surface area contributed by atoms with Crippen molar-refractivity contribution in [1.29, 1.82) is 0 Å². The number of benzene rings is 1. The van der Waals surface area contributed by atoms with Crippen LogP contribution in [0.4, 0.5) is 5.69 Å². The largest absolute Gasteiger partial charge is 0.289 e. The molecule has 0 radical (unpaired) electrons. The molecule has 0 N–H and O–H groups in total. The van der Waals surface area contributed by atoms with Gasteiger partial charge in [-0.25, -0.2) is 0 Å². The third-order valence-electron chi connectivity index (χ3n) is 1.35. The van der Waals surface area contributed by atoms with Crippen LogP contribution in [0, 0.1) is 17.0 Å². The fraction of sp³-hybridized carbons (Fsp3) is 0.143. The molecule has 12 heavy (non-hydrogen) atoms. The van der Waals surface area contributed by atoms with E-state index < -0.39 is 4.92 Å². The normalized spacial score (nSPS) is 9.92. The van der Waals surface area contributed by atoms with Crippen molar-refractivity contribution in [2.75, 3.05) is 0 Å². The lowest BCUT2D eigenvalue weighted by atomic mass is 10.2. The first-order valence-electron chi connectivity index (χ1n) is 3.12. The van der Waals surface area contributed by atoms with Crippen LogP contribution in [0.5, 0.6) is 0 Å². The van der Waals surface area contributed by atoms with Gasteiger partial charge < -0.3 is 0 Å². The summed E-state index contributed by atoms with van der Waals surface area (Å²) in [5.74, 6) is 0. The summed E-state index contributed by atoms with van der Waals surface area (Å²) in [4.78, 5) is 9.93. The number of aryl methyl sites for hydroxylation is 1. The highest BCUT2D eigenvalue weighted by Crippen LogP contribution is 2.32. The van der Waals surface area contributed by atoms with Gasteiger partial charge in [0, 0.05) is 10.5 Å². The smallest absolute Gasteiger partial charge is 0.258 e. The van der Waals surface area contributed by atoms with Crippen LogP contribution in [0.15, 0.2) is 16.6 Å². The quantitative estimate of drug-likeness (QED) is 0.567. The van der Waals surface area contributed by atoms with Gasteiger partial charge >= 0.3 is 0 Å². The van der Waals surface area contributed by atoms with E-state index in [1.807, 2.05) is 0 Å². The number of nitro groups is 1. The summed E-state index contributed by atoms with van der Waals surface area (Å²) in [6, 6.07) is 3.17. The van der Waals surface area contributed by atoms with Crippen LogP contribution in [0.25, 0.3) is 0 Å². The van der Waals surface area contributed by atoms with E-state index in [0.29, 0.717) is 4.47 Å². The van der Waals surface area contributed by atoms with Gasteiger partial charge in [-0.1, -0.05) is 11.6 Å². The van der Waals surface area contributed by atoms with Crippen molar-refractivity contribution < 1.29 is 4.92 Å². The molecule has 1 rings (SSSR count). The van der Waals surface area contributed by atoms with Crippen molar-refractivity contribution in [1.82, 2.24) is 0 Å². The van der Waals surface area contributed by atoms with Crippen LogP contribution in [-0.4, -0.2) is 4.92 Å². The molecule has 3 nitrogen and oxygen atoms in total. The molecule has 0 amide bonds. The fourth-order valence-corrected chi connectivity index (χ4v) is 1.58. The van der Waals surface area contributed by atoms with E-state index in [2.05, 4.69) is 15.9 Å². The van der Waals surface area contributed by atoms with Crippen molar-refractivity contribution in [3.63, 3.8) is 0 Å². The van der Waals surface area contributed by atoms with Crippen LogP contribution < -0.4 is 0 Å². The van der Waals surface area contributed by atoms with Crippen LogP contribution in [0.3, 0.4) is 0 Å². The second-order valence-corrected chi connectivity index (χ2v) is 3.57. The third kappa shape index (κ3) is 1.76. The Morgan fingerprint density at radius 1 is 1.58 bits per heavy atom. The molecular formula is C7H5BrClNO2. The lowest BCUT2D eigenvalue weighted by Crippen LogP contribution is -1.90. The Bertz CT molecular complexity index is 340. The van der Waals surface area contributed by atoms with Crippen LogP contribution in [0.1, 0.15) is 5.56 Å². The summed E-state index contributed by atoms with van der Waals surface area (Å²) < 4.78 is 0.552. The Kier molecular flexibility index (Phi) is 2.69. The Morgan fingerprint density at radius 2 is 2.17 bits per heavy atom. The molecule has 0 heterocycles. The minimum Gasteiger partial charge on any atom is -0.258 e. The molecule has 5 heteroatoms. The van der Waals surface area contributed by atoms with Crippen molar-refractivity contribution >= 4 is 33.2 Å². The molecule has 1 aromatic carbocycles. The van der Waals surface area contributed by atoms with Gasteiger partial charge in [0.2, 0.25) is 0 Å². The van der Waals surface area contributed by atoms with Crippen molar-refractivity contribution in [3.8, 4) is 0 Å². The van der Waals surface area contributed by atoms with Gasteiger partial charge in [-0.3, -0.25) is 10.1 Å². The molecule has 0 aliphatic rings. The first-order valence-corrected chi connectivity index (χ1v) is 4.29.